The SMILES string of the molecule is Cc1c(Cc2ccnc(N)c2F)c(=O)oc2cc(C#CCCCF)ccc12. The molecular weight excluding hydrogens is 350 g/mol. The Hall–Kier alpha value is -3.20. The number of hydrogen-bond donors (Lipinski definition) is 1. The van der Waals surface area contributed by atoms with Crippen molar-refractivity contribution >= 4 is 16.8 Å². The molecule has 0 amide bonds. The molecule has 0 aliphatic carbocycles. The van der Waals surface area contributed by atoms with Gasteiger partial charge in [-0.1, -0.05) is 11.8 Å². The number of pyridine rings is 1. The molecule has 0 saturated carbocycles. The van der Waals surface area contributed by atoms with Crippen molar-refractivity contribution in [2.24, 2.45) is 0 Å². The molecule has 0 radical (unpaired) electrons. The Morgan fingerprint density at radius 2 is 2.11 bits per heavy atom. The van der Waals surface area contributed by atoms with E-state index in [1.807, 2.05) is 12.1 Å². The first kappa shape index (κ1) is 18.6. The number of rotatable bonds is 4. The summed E-state index contributed by atoms with van der Waals surface area (Å²) in [6, 6.07) is 6.80. The molecule has 3 rings (SSSR count). The molecule has 2 N–H and O–H groups in total. The van der Waals surface area contributed by atoms with E-state index in [0.29, 0.717) is 35.1 Å². The minimum atomic E-state index is -0.629. The maximum absolute atomic E-state index is 14.1. The van der Waals surface area contributed by atoms with Crippen molar-refractivity contribution in [2.45, 2.75) is 26.2 Å². The van der Waals surface area contributed by atoms with Crippen LogP contribution in [-0.4, -0.2) is 11.7 Å². The lowest BCUT2D eigenvalue weighted by atomic mass is 9.99. The monoisotopic (exact) mass is 368 g/mol. The van der Waals surface area contributed by atoms with Crippen LogP contribution in [-0.2, 0) is 6.42 Å². The Labute approximate surface area is 155 Å². The van der Waals surface area contributed by atoms with Gasteiger partial charge in [0.15, 0.2) is 11.6 Å². The fraction of sp³-hybridized carbons (Fsp3) is 0.238. The first-order valence-corrected chi connectivity index (χ1v) is 8.51. The van der Waals surface area contributed by atoms with Gasteiger partial charge in [-0.15, -0.1) is 0 Å². The van der Waals surface area contributed by atoms with Crippen LogP contribution in [0.5, 0.6) is 0 Å². The summed E-state index contributed by atoms with van der Waals surface area (Å²) in [4.78, 5) is 16.1. The topological polar surface area (TPSA) is 69.1 Å². The van der Waals surface area contributed by atoms with Crippen molar-refractivity contribution in [3.63, 3.8) is 0 Å². The van der Waals surface area contributed by atoms with E-state index in [4.69, 9.17) is 10.2 Å². The molecule has 0 saturated heterocycles. The highest BCUT2D eigenvalue weighted by Crippen LogP contribution is 2.23. The molecule has 0 bridgehead atoms. The third-order valence-electron chi connectivity index (χ3n) is 4.32. The molecule has 2 heterocycles. The van der Waals surface area contributed by atoms with Crippen molar-refractivity contribution in [1.82, 2.24) is 4.98 Å². The highest BCUT2D eigenvalue weighted by molar-refractivity contribution is 5.82. The van der Waals surface area contributed by atoms with Crippen LogP contribution >= 0.6 is 0 Å². The standard InChI is InChI=1S/C21H18F2N2O2/c1-13-16-7-6-14(5-3-2-4-9-22)11-18(16)27-21(26)17(13)12-15-8-10-25-20(24)19(15)23/h6-8,10-11H,2,4,9,12H2,1H3,(H2,24,25). The lowest BCUT2D eigenvalue weighted by Gasteiger charge is -2.09. The number of anilines is 1. The van der Waals surface area contributed by atoms with Gasteiger partial charge in [-0.3, -0.25) is 4.39 Å². The number of benzene rings is 1. The number of unbranched alkanes of at least 4 members (excludes halogenated alkanes) is 1. The van der Waals surface area contributed by atoms with Gasteiger partial charge in [-0.25, -0.2) is 14.2 Å². The number of hydrogen-bond acceptors (Lipinski definition) is 4. The molecule has 6 heteroatoms. The van der Waals surface area contributed by atoms with Crippen molar-refractivity contribution in [2.75, 3.05) is 12.4 Å². The van der Waals surface area contributed by atoms with Crippen LogP contribution < -0.4 is 11.4 Å². The highest BCUT2D eigenvalue weighted by atomic mass is 19.1. The molecule has 0 aliphatic rings. The minimum Gasteiger partial charge on any atom is -0.422 e. The number of halogens is 2. The smallest absolute Gasteiger partial charge is 0.340 e. The summed E-state index contributed by atoms with van der Waals surface area (Å²) in [6.45, 7) is 1.40. The van der Waals surface area contributed by atoms with E-state index in [9.17, 15) is 13.6 Å². The van der Waals surface area contributed by atoms with E-state index in [2.05, 4.69) is 16.8 Å². The van der Waals surface area contributed by atoms with Crippen LogP contribution in [0.1, 0.15) is 35.1 Å². The predicted octanol–water partition coefficient (Wildman–Crippen LogP) is 3.91. The normalized spacial score (nSPS) is 10.6. The zero-order chi connectivity index (χ0) is 19.4. The molecule has 1 aromatic carbocycles. The van der Waals surface area contributed by atoms with E-state index in [-0.39, 0.29) is 17.8 Å². The molecule has 0 aliphatic heterocycles. The van der Waals surface area contributed by atoms with Crippen LogP contribution in [0.2, 0.25) is 0 Å². The molecule has 0 atom stereocenters. The largest absolute Gasteiger partial charge is 0.422 e. The van der Waals surface area contributed by atoms with Gasteiger partial charge >= 0.3 is 5.63 Å². The van der Waals surface area contributed by atoms with Gasteiger partial charge in [0.1, 0.15) is 5.58 Å². The number of alkyl halides is 1. The summed E-state index contributed by atoms with van der Waals surface area (Å²) >= 11 is 0. The second-order valence-corrected chi connectivity index (χ2v) is 6.14. The van der Waals surface area contributed by atoms with E-state index in [0.717, 1.165) is 5.39 Å². The first-order chi connectivity index (χ1) is 13.0. The van der Waals surface area contributed by atoms with E-state index in [1.54, 1.807) is 13.0 Å². The Bertz CT molecular complexity index is 1110. The van der Waals surface area contributed by atoms with E-state index >= 15 is 0 Å². The van der Waals surface area contributed by atoms with Gasteiger partial charge < -0.3 is 10.2 Å². The van der Waals surface area contributed by atoms with Gasteiger partial charge in [0.2, 0.25) is 0 Å². The Balaban J connectivity index is 2.00. The van der Waals surface area contributed by atoms with Gasteiger partial charge in [-0.2, -0.15) is 0 Å². The average Bonchev–Trinajstić information content (AvgIpc) is 2.65. The first-order valence-electron chi connectivity index (χ1n) is 8.51. The zero-order valence-corrected chi connectivity index (χ0v) is 14.8. The van der Waals surface area contributed by atoms with Crippen LogP contribution in [0, 0.1) is 24.6 Å². The second-order valence-electron chi connectivity index (χ2n) is 6.14. The number of nitrogens with two attached hydrogens (primary N) is 1. The van der Waals surface area contributed by atoms with Gasteiger partial charge in [-0.05, 0) is 48.7 Å². The molecule has 3 aromatic rings. The van der Waals surface area contributed by atoms with Crippen molar-refractivity contribution in [3.8, 4) is 11.8 Å². The predicted molar refractivity (Wildman–Crippen MR) is 101 cm³/mol. The van der Waals surface area contributed by atoms with Gasteiger partial charge in [0.05, 0.1) is 6.67 Å². The highest BCUT2D eigenvalue weighted by Gasteiger charge is 2.15. The van der Waals surface area contributed by atoms with Crippen molar-refractivity contribution in [1.29, 1.82) is 0 Å². The Morgan fingerprint density at radius 3 is 2.89 bits per heavy atom. The summed E-state index contributed by atoms with van der Waals surface area (Å²) < 4.78 is 31.7. The summed E-state index contributed by atoms with van der Waals surface area (Å²) in [6.07, 6.45) is 2.33. The zero-order valence-electron chi connectivity index (χ0n) is 14.8. The Kier molecular flexibility index (Phi) is 5.51. The Morgan fingerprint density at radius 1 is 1.30 bits per heavy atom. The summed E-state index contributed by atoms with van der Waals surface area (Å²) in [5.74, 6) is 4.98. The molecule has 0 spiro atoms. The average molecular weight is 368 g/mol. The molecule has 0 fully saturated rings. The summed E-state index contributed by atoms with van der Waals surface area (Å²) in [5, 5.41) is 0.751. The third kappa shape index (κ3) is 3.98. The van der Waals surface area contributed by atoms with Crippen LogP contribution in [0.25, 0.3) is 11.0 Å². The summed E-state index contributed by atoms with van der Waals surface area (Å²) in [7, 11) is 0. The lowest BCUT2D eigenvalue weighted by Crippen LogP contribution is -2.12. The minimum absolute atomic E-state index is 0.0629. The number of aryl methyl sites for hydroxylation is 1. The number of nitrogens with zero attached hydrogens (tertiary/aromatic N) is 1. The fourth-order valence-corrected chi connectivity index (χ4v) is 2.82. The van der Waals surface area contributed by atoms with Crippen LogP contribution in [0.4, 0.5) is 14.6 Å². The number of aromatic nitrogens is 1. The van der Waals surface area contributed by atoms with Gasteiger partial charge in [0, 0.05) is 35.6 Å². The molecule has 0 unspecified atom stereocenters. The maximum atomic E-state index is 14.1. The van der Waals surface area contributed by atoms with Gasteiger partial charge in [0.25, 0.3) is 0 Å². The van der Waals surface area contributed by atoms with Crippen molar-refractivity contribution in [3.05, 3.63) is 69.0 Å². The molecule has 27 heavy (non-hydrogen) atoms. The van der Waals surface area contributed by atoms with Crippen molar-refractivity contribution < 1.29 is 13.2 Å². The molecule has 138 valence electrons. The van der Waals surface area contributed by atoms with Crippen LogP contribution in [0.3, 0.4) is 0 Å². The second kappa shape index (κ2) is 8.00. The molecule has 2 aromatic heterocycles. The number of nitrogen functional groups attached to an aromatic ring is 1. The lowest BCUT2D eigenvalue weighted by molar-refractivity contribution is 0.477. The fourth-order valence-electron chi connectivity index (χ4n) is 2.82. The number of fused-ring (bicyclic) bond motifs is 1. The van der Waals surface area contributed by atoms with E-state index in [1.165, 1.54) is 12.3 Å². The molecule has 4 nitrogen and oxygen atoms in total. The van der Waals surface area contributed by atoms with Crippen LogP contribution in [0.15, 0.2) is 39.7 Å². The molecular formula is C21H18F2N2O2. The quantitative estimate of drug-likeness (QED) is 0.431. The third-order valence-corrected chi connectivity index (χ3v) is 4.32. The summed E-state index contributed by atoms with van der Waals surface area (Å²) in [5.41, 5.74) is 7.43. The van der Waals surface area contributed by atoms with E-state index < -0.39 is 18.1 Å². The maximum Gasteiger partial charge on any atom is 0.340 e.